The molecule has 1 heterocycles. The molecule has 0 spiro atoms. The Labute approximate surface area is 123 Å². The lowest BCUT2D eigenvalue weighted by atomic mass is 9.99. The minimum atomic E-state index is 0.632. The zero-order valence-electron chi connectivity index (χ0n) is 10.5. The summed E-state index contributed by atoms with van der Waals surface area (Å²) in [6.45, 7) is 0.753. The van der Waals surface area contributed by atoms with E-state index in [0.717, 1.165) is 23.2 Å². The smallest absolute Gasteiger partial charge is 0.0499 e. The number of aromatic nitrogens is 1. The highest BCUT2D eigenvalue weighted by Gasteiger charge is 2.09. The van der Waals surface area contributed by atoms with Gasteiger partial charge in [0.1, 0.15) is 0 Å². The highest BCUT2D eigenvalue weighted by Crippen LogP contribution is 2.30. The molecule has 1 aromatic carbocycles. The second-order valence-corrected chi connectivity index (χ2v) is 4.88. The zero-order chi connectivity index (χ0) is 13.7. The predicted molar refractivity (Wildman–Crippen MR) is 81.7 cm³/mol. The van der Waals surface area contributed by atoms with Crippen LogP contribution < -0.4 is 5.32 Å². The number of nitrogens with zero attached hydrogens (tertiary/aromatic N) is 1. The van der Waals surface area contributed by atoms with Crippen LogP contribution in [0.1, 0.15) is 11.1 Å². The zero-order valence-corrected chi connectivity index (χ0v) is 12.0. The first-order valence-corrected chi connectivity index (χ1v) is 6.68. The standard InChI is InChI=1S/C15H14Cl2N2/c1-18-8-6-13(11-3-2-7-19-10-11)14-5-4-12(16)9-15(14)17/h2-7,9-10,18H,8H2,1H3. The summed E-state index contributed by atoms with van der Waals surface area (Å²) in [6, 6.07) is 9.44. The second-order valence-electron chi connectivity index (χ2n) is 4.04. The van der Waals surface area contributed by atoms with Gasteiger partial charge >= 0.3 is 0 Å². The molecule has 0 aliphatic rings. The van der Waals surface area contributed by atoms with Gasteiger partial charge in [-0.1, -0.05) is 41.4 Å². The Bertz CT molecular complexity index is 580. The van der Waals surface area contributed by atoms with E-state index in [1.54, 1.807) is 12.3 Å². The predicted octanol–water partition coefficient (Wildman–Crippen LogP) is 4.04. The third kappa shape index (κ3) is 3.57. The number of pyridine rings is 1. The average Bonchev–Trinajstić information content (AvgIpc) is 2.42. The van der Waals surface area contributed by atoms with Gasteiger partial charge in [0.25, 0.3) is 0 Å². The van der Waals surface area contributed by atoms with Crippen molar-refractivity contribution < 1.29 is 0 Å². The summed E-state index contributed by atoms with van der Waals surface area (Å²) in [4.78, 5) is 4.16. The molecule has 0 fully saturated rings. The van der Waals surface area contributed by atoms with Gasteiger partial charge in [0.05, 0.1) is 0 Å². The Kier molecular flexibility index (Phi) is 4.97. The summed E-state index contributed by atoms with van der Waals surface area (Å²) in [7, 11) is 1.90. The largest absolute Gasteiger partial charge is 0.316 e. The Balaban J connectivity index is 2.50. The molecule has 2 aromatic rings. The van der Waals surface area contributed by atoms with Crippen LogP contribution in [-0.4, -0.2) is 18.6 Å². The van der Waals surface area contributed by atoms with Crippen molar-refractivity contribution in [2.24, 2.45) is 0 Å². The molecule has 0 saturated carbocycles. The molecule has 4 heteroatoms. The number of hydrogen-bond acceptors (Lipinski definition) is 2. The van der Waals surface area contributed by atoms with E-state index in [4.69, 9.17) is 23.2 Å². The van der Waals surface area contributed by atoms with E-state index in [9.17, 15) is 0 Å². The van der Waals surface area contributed by atoms with Crippen LogP contribution >= 0.6 is 23.2 Å². The molecule has 0 atom stereocenters. The van der Waals surface area contributed by atoms with Crippen LogP contribution in [0.15, 0.2) is 48.8 Å². The molecule has 1 N–H and O–H groups in total. The van der Waals surface area contributed by atoms with E-state index in [2.05, 4.69) is 16.4 Å². The lowest BCUT2D eigenvalue weighted by Gasteiger charge is -2.10. The van der Waals surface area contributed by atoms with Gasteiger partial charge in [0, 0.05) is 40.1 Å². The summed E-state index contributed by atoms with van der Waals surface area (Å²) in [6.07, 6.45) is 5.67. The van der Waals surface area contributed by atoms with Crippen LogP contribution in [0, 0.1) is 0 Å². The first kappa shape index (κ1) is 14.1. The third-order valence-corrected chi connectivity index (χ3v) is 3.25. The van der Waals surface area contributed by atoms with E-state index >= 15 is 0 Å². The quantitative estimate of drug-likeness (QED) is 0.920. The van der Waals surface area contributed by atoms with Crippen LogP contribution in [0.4, 0.5) is 0 Å². The van der Waals surface area contributed by atoms with Crippen molar-refractivity contribution in [1.29, 1.82) is 0 Å². The van der Waals surface area contributed by atoms with Crippen LogP contribution in [0.3, 0.4) is 0 Å². The van der Waals surface area contributed by atoms with Crippen LogP contribution in [0.5, 0.6) is 0 Å². The van der Waals surface area contributed by atoms with Crippen molar-refractivity contribution in [3.63, 3.8) is 0 Å². The van der Waals surface area contributed by atoms with Gasteiger partial charge in [-0.3, -0.25) is 4.98 Å². The molecule has 0 saturated heterocycles. The number of nitrogens with one attached hydrogen (secondary N) is 1. The summed E-state index contributed by atoms with van der Waals surface area (Å²) >= 11 is 12.2. The van der Waals surface area contributed by atoms with E-state index in [1.165, 1.54) is 0 Å². The summed E-state index contributed by atoms with van der Waals surface area (Å²) in [5.74, 6) is 0. The molecule has 19 heavy (non-hydrogen) atoms. The third-order valence-electron chi connectivity index (χ3n) is 2.70. The molecule has 0 radical (unpaired) electrons. The van der Waals surface area contributed by atoms with Gasteiger partial charge in [-0.2, -0.15) is 0 Å². The van der Waals surface area contributed by atoms with E-state index in [1.807, 2.05) is 37.5 Å². The fraction of sp³-hybridized carbons (Fsp3) is 0.133. The molecule has 0 aliphatic heterocycles. The molecule has 0 bridgehead atoms. The maximum absolute atomic E-state index is 6.29. The SMILES string of the molecule is CNCC=C(c1cccnc1)c1ccc(Cl)cc1Cl. The molecule has 1 aromatic heterocycles. The molecular weight excluding hydrogens is 279 g/mol. The normalized spacial score (nSPS) is 11.6. The average molecular weight is 293 g/mol. The van der Waals surface area contributed by atoms with Crippen LogP contribution in [-0.2, 0) is 0 Å². The van der Waals surface area contributed by atoms with Gasteiger partial charge in [-0.15, -0.1) is 0 Å². The first-order chi connectivity index (χ1) is 9.22. The minimum Gasteiger partial charge on any atom is -0.316 e. The second kappa shape index (κ2) is 6.71. The molecule has 2 nitrogen and oxygen atoms in total. The van der Waals surface area contributed by atoms with Gasteiger partial charge in [-0.05, 0) is 30.8 Å². The molecule has 0 unspecified atom stereocenters. The van der Waals surface area contributed by atoms with Crippen molar-refractivity contribution >= 4 is 28.8 Å². The van der Waals surface area contributed by atoms with Crippen molar-refractivity contribution in [3.8, 4) is 0 Å². The van der Waals surface area contributed by atoms with E-state index in [-0.39, 0.29) is 0 Å². The highest BCUT2D eigenvalue weighted by molar-refractivity contribution is 6.35. The summed E-state index contributed by atoms with van der Waals surface area (Å²) in [5, 5.41) is 4.37. The number of likely N-dealkylation sites (N-methyl/N-ethyl adjacent to an activating group) is 1. The number of halogens is 2. The Morgan fingerprint density at radius 2 is 2.16 bits per heavy atom. The fourth-order valence-electron chi connectivity index (χ4n) is 1.82. The topological polar surface area (TPSA) is 24.9 Å². The maximum Gasteiger partial charge on any atom is 0.0499 e. The first-order valence-electron chi connectivity index (χ1n) is 5.93. The van der Waals surface area contributed by atoms with Crippen molar-refractivity contribution in [1.82, 2.24) is 10.3 Å². The van der Waals surface area contributed by atoms with Crippen molar-refractivity contribution in [2.45, 2.75) is 0 Å². The van der Waals surface area contributed by atoms with Gasteiger partial charge in [0.2, 0.25) is 0 Å². The maximum atomic E-state index is 6.29. The van der Waals surface area contributed by atoms with Crippen LogP contribution in [0.2, 0.25) is 10.0 Å². The number of benzene rings is 1. The lowest BCUT2D eigenvalue weighted by Crippen LogP contribution is -2.05. The molecule has 98 valence electrons. The summed E-state index contributed by atoms with van der Waals surface area (Å²) < 4.78 is 0. The lowest BCUT2D eigenvalue weighted by molar-refractivity contribution is 0.920. The Morgan fingerprint density at radius 3 is 2.79 bits per heavy atom. The van der Waals surface area contributed by atoms with Crippen molar-refractivity contribution in [3.05, 3.63) is 70.0 Å². The van der Waals surface area contributed by atoms with E-state index < -0.39 is 0 Å². The van der Waals surface area contributed by atoms with Crippen molar-refractivity contribution in [2.75, 3.05) is 13.6 Å². The molecule has 2 rings (SSSR count). The highest BCUT2D eigenvalue weighted by atomic mass is 35.5. The molecular formula is C15H14Cl2N2. The monoisotopic (exact) mass is 292 g/mol. The van der Waals surface area contributed by atoms with Crippen LogP contribution in [0.25, 0.3) is 5.57 Å². The van der Waals surface area contributed by atoms with E-state index in [0.29, 0.717) is 10.0 Å². The van der Waals surface area contributed by atoms with Gasteiger partial charge in [0.15, 0.2) is 0 Å². The Morgan fingerprint density at radius 1 is 1.32 bits per heavy atom. The van der Waals surface area contributed by atoms with Gasteiger partial charge < -0.3 is 5.32 Å². The number of rotatable bonds is 4. The Hall–Kier alpha value is -1.35. The summed E-state index contributed by atoms with van der Waals surface area (Å²) in [5.41, 5.74) is 3.03. The van der Waals surface area contributed by atoms with Gasteiger partial charge in [-0.25, -0.2) is 0 Å². The molecule has 0 aliphatic carbocycles. The fourth-order valence-corrected chi connectivity index (χ4v) is 2.33. The molecule has 0 amide bonds. The number of hydrogen-bond donors (Lipinski definition) is 1. The minimum absolute atomic E-state index is 0.632.